The highest BCUT2D eigenvalue weighted by molar-refractivity contribution is 6.42. The first kappa shape index (κ1) is 14.3. The molecule has 0 heterocycles. The summed E-state index contributed by atoms with van der Waals surface area (Å²) in [5.74, 6) is -0.514. The predicted molar refractivity (Wildman–Crippen MR) is 76.4 cm³/mol. The molecule has 1 nitrogen and oxygen atoms in total. The van der Waals surface area contributed by atoms with Gasteiger partial charge in [-0.05, 0) is 35.7 Å². The van der Waals surface area contributed by atoms with Crippen LogP contribution in [-0.4, -0.2) is 11.7 Å². The van der Waals surface area contributed by atoms with Gasteiger partial charge in [-0.15, -0.1) is 0 Å². The Morgan fingerprint density at radius 1 is 1.11 bits per heavy atom. The lowest BCUT2D eigenvalue weighted by Crippen LogP contribution is -2.08. The molecule has 0 aliphatic rings. The molecule has 4 heteroatoms. The molecule has 0 aliphatic carbocycles. The second kappa shape index (κ2) is 6.38. The minimum Gasteiger partial charge on any atom is -0.396 e. The Balaban J connectivity index is 2.26. The van der Waals surface area contributed by atoms with Crippen LogP contribution in [0.4, 0.5) is 4.39 Å². The lowest BCUT2D eigenvalue weighted by atomic mass is 9.92. The molecule has 0 fully saturated rings. The second-order valence-electron chi connectivity index (χ2n) is 4.35. The van der Waals surface area contributed by atoms with Crippen LogP contribution >= 0.6 is 23.2 Å². The lowest BCUT2D eigenvalue weighted by molar-refractivity contribution is 0.264. The molecule has 0 bridgehead atoms. The number of aliphatic hydroxyl groups is 1. The van der Waals surface area contributed by atoms with E-state index in [2.05, 4.69) is 0 Å². The van der Waals surface area contributed by atoms with E-state index in [1.807, 2.05) is 12.1 Å². The summed E-state index contributed by atoms with van der Waals surface area (Å²) in [6.45, 7) is -0.0771. The van der Waals surface area contributed by atoms with Crippen LogP contribution in [0.25, 0.3) is 0 Å². The van der Waals surface area contributed by atoms with E-state index in [0.717, 1.165) is 11.1 Å². The highest BCUT2D eigenvalue weighted by Crippen LogP contribution is 2.30. The molecule has 2 rings (SSSR count). The van der Waals surface area contributed by atoms with Crippen LogP contribution in [0.5, 0.6) is 0 Å². The fourth-order valence-corrected chi connectivity index (χ4v) is 2.42. The number of halogens is 3. The van der Waals surface area contributed by atoms with Gasteiger partial charge >= 0.3 is 0 Å². The van der Waals surface area contributed by atoms with Crippen molar-refractivity contribution >= 4 is 23.2 Å². The standard InChI is InChI=1S/C15H13Cl2FO/c16-14-6-2-4-11(15(14)17)7-12(9-19)10-3-1-5-13(18)8-10/h1-6,8,12,19H,7,9H2. The summed E-state index contributed by atoms with van der Waals surface area (Å²) in [5, 5.41) is 10.5. The third kappa shape index (κ3) is 3.47. The summed E-state index contributed by atoms with van der Waals surface area (Å²) in [7, 11) is 0. The van der Waals surface area contributed by atoms with Crippen molar-refractivity contribution in [1.29, 1.82) is 0 Å². The minimum absolute atomic E-state index is 0.0771. The largest absolute Gasteiger partial charge is 0.396 e. The van der Waals surface area contributed by atoms with Gasteiger partial charge in [0.25, 0.3) is 0 Å². The zero-order valence-corrected chi connectivity index (χ0v) is 11.6. The minimum atomic E-state index is -0.312. The van der Waals surface area contributed by atoms with Crippen molar-refractivity contribution in [2.75, 3.05) is 6.61 Å². The van der Waals surface area contributed by atoms with Crippen LogP contribution in [0.1, 0.15) is 17.0 Å². The van der Waals surface area contributed by atoms with E-state index >= 15 is 0 Å². The molecule has 0 aliphatic heterocycles. The first-order valence-electron chi connectivity index (χ1n) is 5.91. The Labute approximate surface area is 121 Å². The van der Waals surface area contributed by atoms with E-state index in [4.69, 9.17) is 23.2 Å². The molecule has 19 heavy (non-hydrogen) atoms. The summed E-state index contributed by atoms with van der Waals surface area (Å²) < 4.78 is 13.2. The molecule has 2 aromatic carbocycles. The summed E-state index contributed by atoms with van der Waals surface area (Å²) in [6.07, 6.45) is 0.513. The predicted octanol–water partition coefficient (Wildman–Crippen LogP) is 4.45. The van der Waals surface area contributed by atoms with Crippen LogP contribution in [-0.2, 0) is 6.42 Å². The molecule has 100 valence electrons. The zero-order valence-electron chi connectivity index (χ0n) is 10.1. The van der Waals surface area contributed by atoms with E-state index in [1.165, 1.54) is 12.1 Å². The highest BCUT2D eigenvalue weighted by atomic mass is 35.5. The Hall–Kier alpha value is -1.09. The van der Waals surface area contributed by atoms with Gasteiger partial charge in [0, 0.05) is 5.92 Å². The molecule has 0 saturated heterocycles. The van der Waals surface area contributed by atoms with Crippen LogP contribution in [0.15, 0.2) is 42.5 Å². The molecule has 0 spiro atoms. The second-order valence-corrected chi connectivity index (χ2v) is 5.14. The van der Waals surface area contributed by atoms with Crippen molar-refractivity contribution in [2.45, 2.75) is 12.3 Å². The SMILES string of the molecule is OCC(Cc1cccc(Cl)c1Cl)c1cccc(F)c1. The fraction of sp³-hybridized carbons (Fsp3) is 0.200. The first-order valence-corrected chi connectivity index (χ1v) is 6.66. The van der Waals surface area contributed by atoms with Gasteiger partial charge in [0.05, 0.1) is 16.7 Å². The Morgan fingerprint density at radius 3 is 2.53 bits per heavy atom. The summed E-state index contributed by atoms with van der Waals surface area (Å²) in [5.41, 5.74) is 1.59. The van der Waals surface area contributed by atoms with Crippen LogP contribution in [0, 0.1) is 5.82 Å². The van der Waals surface area contributed by atoms with Crippen molar-refractivity contribution in [3.63, 3.8) is 0 Å². The molecule has 0 radical (unpaired) electrons. The molecule has 2 aromatic rings. The van der Waals surface area contributed by atoms with Gasteiger partial charge in [0.1, 0.15) is 5.82 Å². The van der Waals surface area contributed by atoms with E-state index in [9.17, 15) is 9.50 Å². The Morgan fingerprint density at radius 2 is 1.84 bits per heavy atom. The third-order valence-corrected chi connectivity index (χ3v) is 3.90. The van der Waals surface area contributed by atoms with Crippen molar-refractivity contribution < 1.29 is 9.50 Å². The molecule has 1 atom stereocenters. The number of hydrogen-bond donors (Lipinski definition) is 1. The average Bonchev–Trinajstić information content (AvgIpc) is 2.40. The maximum Gasteiger partial charge on any atom is 0.123 e. The van der Waals surface area contributed by atoms with Crippen molar-refractivity contribution in [1.82, 2.24) is 0 Å². The van der Waals surface area contributed by atoms with Gasteiger partial charge in [-0.3, -0.25) is 0 Å². The van der Waals surface area contributed by atoms with E-state index in [1.54, 1.807) is 18.2 Å². The van der Waals surface area contributed by atoms with E-state index in [-0.39, 0.29) is 18.3 Å². The number of rotatable bonds is 4. The fourth-order valence-electron chi connectivity index (χ4n) is 2.02. The summed E-state index contributed by atoms with van der Waals surface area (Å²) in [6, 6.07) is 11.6. The molecule has 0 saturated carbocycles. The molecule has 1 N–H and O–H groups in total. The number of aliphatic hydroxyl groups excluding tert-OH is 1. The van der Waals surface area contributed by atoms with Gasteiger partial charge in [0.2, 0.25) is 0 Å². The van der Waals surface area contributed by atoms with Gasteiger partial charge in [0.15, 0.2) is 0 Å². The number of hydrogen-bond acceptors (Lipinski definition) is 1. The quantitative estimate of drug-likeness (QED) is 0.884. The van der Waals surface area contributed by atoms with E-state index < -0.39 is 0 Å². The molecule has 1 unspecified atom stereocenters. The summed E-state index contributed by atoms with van der Waals surface area (Å²) in [4.78, 5) is 0. The normalized spacial score (nSPS) is 12.4. The smallest absolute Gasteiger partial charge is 0.123 e. The van der Waals surface area contributed by atoms with Gasteiger partial charge in [-0.2, -0.15) is 0 Å². The zero-order chi connectivity index (χ0) is 13.8. The molecular weight excluding hydrogens is 286 g/mol. The Bertz CT molecular complexity index is 572. The Kier molecular flexibility index (Phi) is 4.81. The van der Waals surface area contributed by atoms with Crippen LogP contribution in [0.2, 0.25) is 10.0 Å². The molecule has 0 amide bonds. The summed E-state index contributed by atoms with van der Waals surface area (Å²) >= 11 is 12.1. The van der Waals surface area contributed by atoms with Gasteiger partial charge in [-0.1, -0.05) is 47.5 Å². The number of benzene rings is 2. The maximum atomic E-state index is 13.2. The third-order valence-electron chi connectivity index (χ3n) is 3.04. The lowest BCUT2D eigenvalue weighted by Gasteiger charge is -2.16. The van der Waals surface area contributed by atoms with Gasteiger partial charge < -0.3 is 5.11 Å². The van der Waals surface area contributed by atoms with Crippen molar-refractivity contribution in [2.24, 2.45) is 0 Å². The van der Waals surface area contributed by atoms with Crippen molar-refractivity contribution in [3.05, 3.63) is 69.5 Å². The monoisotopic (exact) mass is 298 g/mol. The highest BCUT2D eigenvalue weighted by Gasteiger charge is 2.15. The first-order chi connectivity index (χ1) is 9.11. The average molecular weight is 299 g/mol. The van der Waals surface area contributed by atoms with Gasteiger partial charge in [-0.25, -0.2) is 4.39 Å². The van der Waals surface area contributed by atoms with Crippen molar-refractivity contribution in [3.8, 4) is 0 Å². The maximum absolute atomic E-state index is 13.2. The molecule has 0 aromatic heterocycles. The van der Waals surface area contributed by atoms with E-state index in [0.29, 0.717) is 16.5 Å². The van der Waals surface area contributed by atoms with Crippen LogP contribution < -0.4 is 0 Å². The topological polar surface area (TPSA) is 20.2 Å². The molecular formula is C15H13Cl2FO. The van der Waals surface area contributed by atoms with Crippen LogP contribution in [0.3, 0.4) is 0 Å².